The van der Waals surface area contributed by atoms with Crippen LogP contribution in [-0.2, 0) is 35.3 Å². The van der Waals surface area contributed by atoms with Gasteiger partial charge in [-0.3, -0.25) is 9.59 Å². The van der Waals surface area contributed by atoms with Crippen LogP contribution in [-0.4, -0.2) is 62.0 Å². The standard InChI is InChI=1S/C32H42N2O4/c1-33-20-21-38-28-12-4-3-8-24(28)9-5-6-15-32(31(33)36)16-18-34(19-17-32)30(35)14-13-27-22-25-10-7-11-26(25)23-29(27)37-2/h3-4,8,12,22-23H,5-7,9-11,13-21H2,1-2H3. The Bertz CT molecular complexity index is 1150. The van der Waals surface area contributed by atoms with Gasteiger partial charge in [0.1, 0.15) is 18.1 Å². The van der Waals surface area contributed by atoms with E-state index in [4.69, 9.17) is 9.47 Å². The molecule has 2 aliphatic heterocycles. The zero-order valence-electron chi connectivity index (χ0n) is 23.1. The first-order valence-corrected chi connectivity index (χ1v) is 14.4. The summed E-state index contributed by atoms with van der Waals surface area (Å²) in [6.07, 6.45) is 9.97. The molecule has 204 valence electrons. The molecule has 2 amide bonds. The van der Waals surface area contributed by atoms with E-state index in [2.05, 4.69) is 24.3 Å². The summed E-state index contributed by atoms with van der Waals surface area (Å²) in [5.74, 6) is 2.24. The molecule has 0 unspecified atom stereocenters. The van der Waals surface area contributed by atoms with Gasteiger partial charge < -0.3 is 19.3 Å². The Morgan fingerprint density at radius 2 is 1.68 bits per heavy atom. The van der Waals surface area contributed by atoms with Crippen LogP contribution in [0.3, 0.4) is 0 Å². The fourth-order valence-corrected chi connectivity index (χ4v) is 6.62. The number of rotatable bonds is 4. The number of hydrogen-bond acceptors (Lipinski definition) is 4. The minimum atomic E-state index is -0.381. The zero-order chi connectivity index (χ0) is 26.5. The van der Waals surface area contributed by atoms with Gasteiger partial charge in [0, 0.05) is 26.6 Å². The number of likely N-dealkylation sites (N-methyl/N-ethyl adjacent to an activating group) is 1. The maximum atomic E-state index is 13.7. The summed E-state index contributed by atoms with van der Waals surface area (Å²) in [6.45, 7) is 2.37. The first-order valence-electron chi connectivity index (χ1n) is 14.4. The van der Waals surface area contributed by atoms with Crippen LogP contribution in [0.25, 0.3) is 0 Å². The third-order valence-electron chi connectivity index (χ3n) is 8.99. The van der Waals surface area contributed by atoms with E-state index in [1.807, 2.05) is 29.0 Å². The third-order valence-corrected chi connectivity index (χ3v) is 8.99. The molecule has 1 spiro atoms. The van der Waals surface area contributed by atoms with E-state index < -0.39 is 0 Å². The summed E-state index contributed by atoms with van der Waals surface area (Å²) in [5, 5.41) is 0. The Kier molecular flexibility index (Phi) is 8.25. The Morgan fingerprint density at radius 3 is 2.47 bits per heavy atom. The van der Waals surface area contributed by atoms with Gasteiger partial charge in [-0.25, -0.2) is 0 Å². The number of amides is 2. The van der Waals surface area contributed by atoms with Crippen molar-refractivity contribution in [2.45, 2.75) is 70.6 Å². The number of hydrogen-bond donors (Lipinski definition) is 0. The van der Waals surface area contributed by atoms with E-state index >= 15 is 0 Å². The summed E-state index contributed by atoms with van der Waals surface area (Å²) < 4.78 is 11.7. The SMILES string of the molecule is COc1cc2c(cc1CCC(=O)N1CCC3(CCCCc4ccccc4OCCN(C)C3=O)CC1)CCC2. The molecule has 0 atom stereocenters. The van der Waals surface area contributed by atoms with Gasteiger partial charge in [-0.2, -0.15) is 0 Å². The average Bonchev–Trinajstić information content (AvgIpc) is 3.41. The topological polar surface area (TPSA) is 59.1 Å². The molecule has 2 aromatic carbocycles. The molecular weight excluding hydrogens is 476 g/mol. The fraction of sp³-hybridized carbons (Fsp3) is 0.562. The van der Waals surface area contributed by atoms with Crippen molar-refractivity contribution >= 4 is 11.8 Å². The van der Waals surface area contributed by atoms with Gasteiger partial charge in [0.2, 0.25) is 11.8 Å². The molecule has 1 fully saturated rings. The van der Waals surface area contributed by atoms with Crippen LogP contribution in [0.5, 0.6) is 11.5 Å². The van der Waals surface area contributed by atoms with Crippen LogP contribution in [0, 0.1) is 5.41 Å². The predicted molar refractivity (Wildman–Crippen MR) is 149 cm³/mol. The molecule has 0 saturated carbocycles. The van der Waals surface area contributed by atoms with Crippen LogP contribution in [0.1, 0.15) is 67.2 Å². The van der Waals surface area contributed by atoms with E-state index in [0.29, 0.717) is 39.1 Å². The molecule has 2 aromatic rings. The van der Waals surface area contributed by atoms with Crippen molar-refractivity contribution in [3.63, 3.8) is 0 Å². The van der Waals surface area contributed by atoms with Crippen LogP contribution in [0.4, 0.5) is 0 Å². The molecule has 5 rings (SSSR count). The smallest absolute Gasteiger partial charge is 0.228 e. The number of likely N-dealkylation sites (tertiary alicyclic amines) is 1. The van der Waals surface area contributed by atoms with Crippen molar-refractivity contribution in [1.82, 2.24) is 9.80 Å². The van der Waals surface area contributed by atoms with Crippen molar-refractivity contribution < 1.29 is 19.1 Å². The van der Waals surface area contributed by atoms with Crippen molar-refractivity contribution in [3.8, 4) is 11.5 Å². The minimum Gasteiger partial charge on any atom is -0.496 e. The summed E-state index contributed by atoms with van der Waals surface area (Å²) in [7, 11) is 3.61. The molecule has 6 heteroatoms. The molecule has 0 aromatic heterocycles. The molecule has 0 radical (unpaired) electrons. The van der Waals surface area contributed by atoms with Crippen molar-refractivity contribution in [2.24, 2.45) is 5.41 Å². The van der Waals surface area contributed by atoms with Gasteiger partial charge in [-0.1, -0.05) is 30.7 Å². The molecule has 2 heterocycles. The number of methoxy groups -OCH3 is 1. The molecule has 3 aliphatic rings. The Balaban J connectivity index is 1.20. The maximum absolute atomic E-state index is 13.7. The third kappa shape index (κ3) is 5.69. The normalized spacial score (nSPS) is 19.7. The highest BCUT2D eigenvalue weighted by molar-refractivity contribution is 5.83. The lowest BCUT2D eigenvalue weighted by Crippen LogP contribution is -2.51. The highest BCUT2D eigenvalue weighted by Gasteiger charge is 2.43. The number of benzene rings is 2. The number of piperidine rings is 1. The second-order valence-corrected chi connectivity index (χ2v) is 11.3. The van der Waals surface area contributed by atoms with Crippen molar-refractivity contribution in [3.05, 3.63) is 58.7 Å². The number of carbonyl (C=O) groups is 2. The number of carbonyl (C=O) groups excluding carboxylic acids is 2. The average molecular weight is 519 g/mol. The summed E-state index contributed by atoms with van der Waals surface area (Å²) in [4.78, 5) is 30.7. The zero-order valence-corrected chi connectivity index (χ0v) is 23.1. The van der Waals surface area contributed by atoms with Gasteiger partial charge in [-0.15, -0.1) is 0 Å². The molecule has 38 heavy (non-hydrogen) atoms. The molecular formula is C32H42N2O4. The Morgan fingerprint density at radius 1 is 0.947 bits per heavy atom. The monoisotopic (exact) mass is 518 g/mol. The first kappa shape index (κ1) is 26.6. The number of aryl methyl sites for hydroxylation is 4. The molecule has 6 nitrogen and oxygen atoms in total. The van der Waals surface area contributed by atoms with Gasteiger partial charge in [-0.05, 0) is 92.2 Å². The van der Waals surface area contributed by atoms with Crippen molar-refractivity contribution in [2.75, 3.05) is 40.4 Å². The van der Waals surface area contributed by atoms with E-state index in [1.54, 1.807) is 7.11 Å². The summed E-state index contributed by atoms with van der Waals surface area (Å²) in [5.41, 5.74) is 4.80. The van der Waals surface area contributed by atoms with Crippen LogP contribution >= 0.6 is 0 Å². The van der Waals surface area contributed by atoms with E-state index in [9.17, 15) is 9.59 Å². The largest absolute Gasteiger partial charge is 0.496 e. The second-order valence-electron chi connectivity index (χ2n) is 11.3. The Hall–Kier alpha value is -3.02. The minimum absolute atomic E-state index is 0.182. The number of fused-ring (bicyclic) bond motifs is 2. The summed E-state index contributed by atoms with van der Waals surface area (Å²) in [6, 6.07) is 12.7. The van der Waals surface area contributed by atoms with Crippen LogP contribution in [0.15, 0.2) is 36.4 Å². The van der Waals surface area contributed by atoms with E-state index in [0.717, 1.165) is 68.4 Å². The highest BCUT2D eigenvalue weighted by atomic mass is 16.5. The molecule has 0 bridgehead atoms. The van der Waals surface area contributed by atoms with Gasteiger partial charge in [0.15, 0.2) is 0 Å². The quantitative estimate of drug-likeness (QED) is 0.572. The van der Waals surface area contributed by atoms with Gasteiger partial charge in [0.05, 0.1) is 19.1 Å². The number of ether oxygens (including phenoxy) is 2. The van der Waals surface area contributed by atoms with E-state index in [-0.39, 0.29) is 17.2 Å². The van der Waals surface area contributed by atoms with Crippen molar-refractivity contribution in [1.29, 1.82) is 0 Å². The number of nitrogens with zero attached hydrogens (tertiary/aromatic N) is 2. The van der Waals surface area contributed by atoms with Gasteiger partial charge >= 0.3 is 0 Å². The molecule has 0 N–H and O–H groups in total. The first-order chi connectivity index (χ1) is 18.5. The maximum Gasteiger partial charge on any atom is 0.228 e. The predicted octanol–water partition coefficient (Wildman–Crippen LogP) is 4.99. The van der Waals surface area contributed by atoms with Crippen LogP contribution in [0.2, 0.25) is 0 Å². The van der Waals surface area contributed by atoms with Crippen LogP contribution < -0.4 is 9.47 Å². The molecule has 1 saturated heterocycles. The Labute approximate surface area is 227 Å². The fourth-order valence-electron chi connectivity index (χ4n) is 6.62. The lowest BCUT2D eigenvalue weighted by Gasteiger charge is -2.43. The van der Waals surface area contributed by atoms with E-state index in [1.165, 1.54) is 23.1 Å². The lowest BCUT2D eigenvalue weighted by molar-refractivity contribution is -0.148. The van der Waals surface area contributed by atoms with Gasteiger partial charge in [0.25, 0.3) is 0 Å². The lowest BCUT2D eigenvalue weighted by atomic mass is 9.73. The second kappa shape index (κ2) is 11.8. The highest BCUT2D eigenvalue weighted by Crippen LogP contribution is 2.39. The summed E-state index contributed by atoms with van der Waals surface area (Å²) >= 11 is 0. The number of para-hydroxylation sites is 1. The molecule has 1 aliphatic carbocycles.